The Labute approximate surface area is 185 Å². The average molecular weight is 428 g/mol. The summed E-state index contributed by atoms with van der Waals surface area (Å²) >= 11 is 0. The molecule has 0 radical (unpaired) electrons. The molecule has 0 bridgehead atoms. The summed E-state index contributed by atoms with van der Waals surface area (Å²) in [5.74, 6) is 1.50. The number of ether oxygens (including phenoxy) is 2. The lowest BCUT2D eigenvalue weighted by atomic mass is 9.65. The lowest BCUT2D eigenvalue weighted by molar-refractivity contribution is 0.225. The van der Waals surface area contributed by atoms with E-state index in [0.717, 1.165) is 49.4 Å². The maximum atomic E-state index is 12.2. The van der Waals surface area contributed by atoms with Gasteiger partial charge in [0.1, 0.15) is 0 Å². The van der Waals surface area contributed by atoms with Crippen LogP contribution in [0.1, 0.15) is 34.1 Å². The summed E-state index contributed by atoms with van der Waals surface area (Å²) in [7, 11) is 5.49. The number of hydrazone groups is 1. The minimum absolute atomic E-state index is 0. The molecular weight excluding hydrogens is 394 g/mol. The topological polar surface area (TPSA) is 88.1 Å². The summed E-state index contributed by atoms with van der Waals surface area (Å²) in [5, 5.41) is 7.16. The van der Waals surface area contributed by atoms with Crippen molar-refractivity contribution in [3.63, 3.8) is 0 Å². The fourth-order valence-corrected chi connectivity index (χ4v) is 4.91. The van der Waals surface area contributed by atoms with E-state index in [2.05, 4.69) is 44.9 Å². The highest BCUT2D eigenvalue weighted by atomic mass is 16.5. The summed E-state index contributed by atoms with van der Waals surface area (Å²) in [6, 6.07) is 9.78. The smallest absolute Gasteiger partial charge is 0.339 e. The summed E-state index contributed by atoms with van der Waals surface area (Å²) in [6.45, 7) is 1.03. The van der Waals surface area contributed by atoms with Gasteiger partial charge < -0.3 is 19.7 Å². The molecule has 2 N–H and O–H groups in total. The van der Waals surface area contributed by atoms with Crippen LogP contribution >= 0.6 is 0 Å². The zero-order chi connectivity index (χ0) is 21.8. The van der Waals surface area contributed by atoms with E-state index in [1.165, 1.54) is 5.56 Å². The van der Waals surface area contributed by atoms with Crippen LogP contribution in [0.5, 0.6) is 11.5 Å². The van der Waals surface area contributed by atoms with Crippen LogP contribution in [-0.4, -0.2) is 55.5 Å². The first-order valence-electron chi connectivity index (χ1n) is 10.5. The van der Waals surface area contributed by atoms with E-state index < -0.39 is 0 Å². The first-order valence-corrected chi connectivity index (χ1v) is 10.5. The molecule has 2 unspecified atom stereocenters. The molecule has 4 rings (SSSR count). The predicted molar refractivity (Wildman–Crippen MR) is 124 cm³/mol. The van der Waals surface area contributed by atoms with Crippen molar-refractivity contribution in [2.45, 2.75) is 37.1 Å². The predicted octanol–water partition coefficient (Wildman–Crippen LogP) is 3.89. The van der Waals surface area contributed by atoms with Gasteiger partial charge in [0.15, 0.2) is 11.5 Å². The number of likely N-dealkylation sites (N-methyl/N-ethyl adjacent to an activating group) is 1. The molecule has 1 aliphatic carbocycles. The molecular formula is C23H33N5O3. The number of likely N-dealkylation sites (tertiary alicyclic amines) is 1. The fourth-order valence-electron chi connectivity index (χ4n) is 4.91. The average Bonchev–Trinajstić information content (AvgIpc) is 3.15. The molecule has 8 heteroatoms. The number of amides is 2. The SMILES string of the molecule is COc1ccc(C23CC/C(=N\NC(=O)Nc4cccnc4)CC2N(C)CC3)cc1OC.[HH].[HH]. The van der Waals surface area contributed by atoms with E-state index in [1.54, 1.807) is 38.7 Å². The van der Waals surface area contributed by atoms with Gasteiger partial charge in [-0.3, -0.25) is 4.98 Å². The third kappa shape index (κ3) is 4.20. The Balaban J connectivity index is 0.00000193. The summed E-state index contributed by atoms with van der Waals surface area (Å²) in [4.78, 5) is 18.6. The summed E-state index contributed by atoms with van der Waals surface area (Å²) in [5.41, 5.74) is 5.60. The van der Waals surface area contributed by atoms with E-state index in [4.69, 9.17) is 9.47 Å². The number of fused-ring (bicyclic) bond motifs is 1. The third-order valence-corrected chi connectivity index (χ3v) is 6.56. The van der Waals surface area contributed by atoms with Gasteiger partial charge in [-0.25, -0.2) is 10.2 Å². The summed E-state index contributed by atoms with van der Waals surface area (Å²) < 4.78 is 11.0. The van der Waals surface area contributed by atoms with Gasteiger partial charge in [-0.1, -0.05) is 6.07 Å². The minimum atomic E-state index is -0.364. The molecule has 2 atom stereocenters. The molecule has 2 amide bonds. The highest BCUT2D eigenvalue weighted by molar-refractivity contribution is 5.92. The second kappa shape index (κ2) is 8.93. The number of hydrogen-bond acceptors (Lipinski definition) is 6. The number of pyridine rings is 1. The number of rotatable bonds is 5. The Hall–Kier alpha value is -3.13. The number of carbonyl (C=O) groups excluding carboxylic acids is 1. The molecule has 1 saturated carbocycles. The maximum absolute atomic E-state index is 12.2. The van der Waals surface area contributed by atoms with Crippen LogP contribution < -0.4 is 20.2 Å². The number of nitrogens with zero attached hydrogens (tertiary/aromatic N) is 3. The monoisotopic (exact) mass is 427 g/mol. The molecule has 2 heterocycles. The number of nitrogens with one attached hydrogen (secondary N) is 2. The molecule has 0 spiro atoms. The van der Waals surface area contributed by atoms with Gasteiger partial charge in [0.05, 0.1) is 26.1 Å². The zero-order valence-electron chi connectivity index (χ0n) is 18.2. The second-order valence-corrected chi connectivity index (χ2v) is 8.16. The Morgan fingerprint density at radius 3 is 2.84 bits per heavy atom. The van der Waals surface area contributed by atoms with Crippen LogP contribution in [0.2, 0.25) is 0 Å². The van der Waals surface area contributed by atoms with Gasteiger partial charge in [-0.15, -0.1) is 0 Å². The Morgan fingerprint density at radius 1 is 1.26 bits per heavy atom. The number of hydrogen-bond donors (Lipinski definition) is 2. The van der Waals surface area contributed by atoms with Crippen LogP contribution in [0.15, 0.2) is 47.8 Å². The van der Waals surface area contributed by atoms with Gasteiger partial charge in [-0.2, -0.15) is 5.10 Å². The minimum Gasteiger partial charge on any atom is -0.493 e. The normalized spacial score (nSPS) is 24.5. The van der Waals surface area contributed by atoms with Crippen molar-refractivity contribution in [2.24, 2.45) is 5.10 Å². The lowest BCUT2D eigenvalue weighted by Crippen LogP contribution is -2.46. The molecule has 1 aliphatic heterocycles. The quantitative estimate of drug-likeness (QED) is 0.707. The lowest BCUT2D eigenvalue weighted by Gasteiger charge is -2.42. The molecule has 1 aromatic carbocycles. The van der Waals surface area contributed by atoms with E-state index in [1.807, 2.05) is 6.07 Å². The second-order valence-electron chi connectivity index (χ2n) is 8.16. The molecule has 168 valence electrons. The maximum Gasteiger partial charge on any atom is 0.339 e. The van der Waals surface area contributed by atoms with Gasteiger partial charge in [0.2, 0.25) is 0 Å². The highest BCUT2D eigenvalue weighted by Crippen LogP contribution is 2.49. The van der Waals surface area contributed by atoms with Crippen LogP contribution in [0, 0.1) is 0 Å². The van der Waals surface area contributed by atoms with Gasteiger partial charge in [0, 0.05) is 32.6 Å². The number of benzene rings is 1. The highest BCUT2D eigenvalue weighted by Gasteiger charge is 2.49. The van der Waals surface area contributed by atoms with E-state index in [-0.39, 0.29) is 14.3 Å². The Morgan fingerprint density at radius 2 is 2.10 bits per heavy atom. The molecule has 2 aromatic rings. The van der Waals surface area contributed by atoms with Crippen molar-refractivity contribution in [1.82, 2.24) is 15.3 Å². The standard InChI is InChI=1S/C23H29N5O3.2H2/c1-28-12-10-23(16-6-7-19(30-2)20(13-16)31-3)9-8-17(14-21(23)28)26-27-22(29)25-18-5-4-11-24-15-18;;/h4-7,11,13,15,21H,8-10,12,14H2,1-3H3,(H2,25,27,29);2*1H/b26-17+;;. The first-order chi connectivity index (χ1) is 15.1. The largest absolute Gasteiger partial charge is 0.493 e. The molecule has 1 saturated heterocycles. The van der Waals surface area contributed by atoms with Crippen molar-refractivity contribution < 1.29 is 17.1 Å². The number of urea groups is 1. The van der Waals surface area contributed by atoms with Gasteiger partial charge >= 0.3 is 6.03 Å². The number of anilines is 1. The Kier molecular flexibility index (Phi) is 6.08. The van der Waals surface area contributed by atoms with Crippen molar-refractivity contribution in [1.29, 1.82) is 0 Å². The fraction of sp³-hybridized carbons (Fsp3) is 0.435. The van der Waals surface area contributed by atoms with Crippen molar-refractivity contribution in [3.8, 4) is 11.5 Å². The molecule has 2 aliphatic rings. The van der Waals surface area contributed by atoms with Crippen LogP contribution in [0.3, 0.4) is 0 Å². The van der Waals surface area contributed by atoms with Crippen molar-refractivity contribution in [2.75, 3.05) is 33.1 Å². The summed E-state index contributed by atoms with van der Waals surface area (Å²) in [6.07, 6.45) is 6.98. The van der Waals surface area contributed by atoms with E-state index in [0.29, 0.717) is 11.7 Å². The number of aromatic nitrogens is 1. The van der Waals surface area contributed by atoms with E-state index in [9.17, 15) is 4.79 Å². The zero-order valence-corrected chi connectivity index (χ0v) is 18.2. The van der Waals surface area contributed by atoms with Crippen LogP contribution in [-0.2, 0) is 5.41 Å². The molecule has 2 fully saturated rings. The van der Waals surface area contributed by atoms with Crippen LogP contribution in [0.25, 0.3) is 0 Å². The van der Waals surface area contributed by atoms with Gasteiger partial charge in [-0.05, 0) is 62.7 Å². The molecule has 1 aromatic heterocycles. The van der Waals surface area contributed by atoms with Gasteiger partial charge in [0.25, 0.3) is 0 Å². The first kappa shape index (κ1) is 21.1. The van der Waals surface area contributed by atoms with Crippen molar-refractivity contribution >= 4 is 17.4 Å². The molecule has 8 nitrogen and oxygen atoms in total. The molecule has 31 heavy (non-hydrogen) atoms. The van der Waals surface area contributed by atoms with E-state index >= 15 is 0 Å². The Bertz CT molecular complexity index is 976. The van der Waals surface area contributed by atoms with Crippen LogP contribution in [0.4, 0.5) is 10.5 Å². The van der Waals surface area contributed by atoms with Crippen molar-refractivity contribution in [3.05, 3.63) is 48.3 Å². The number of methoxy groups -OCH3 is 2. The third-order valence-electron chi connectivity index (χ3n) is 6.56. The number of carbonyl (C=O) groups is 1.